The van der Waals surface area contributed by atoms with Crippen LogP contribution in [0.2, 0.25) is 5.02 Å². The Morgan fingerprint density at radius 3 is 2.39 bits per heavy atom. The Balaban J connectivity index is 2.23. The molecule has 2 rings (SSSR count). The zero-order chi connectivity index (χ0) is 17.3. The molecule has 0 bridgehead atoms. The second-order valence-electron chi connectivity index (χ2n) is 6.12. The standard InChI is InChI=1S/C15H21ClN2O4S/c1-15(2,20)14(19)17-13-7-6-11(10-12(13)16)23(21,22)18-8-4-3-5-9-18/h6-7,10,20H,3-5,8-9H2,1-2H3,(H,17,19). The molecule has 1 aliphatic rings. The lowest BCUT2D eigenvalue weighted by atomic mass is 10.1. The average molecular weight is 361 g/mol. The number of hydrogen-bond donors (Lipinski definition) is 2. The predicted molar refractivity (Wildman–Crippen MR) is 89.0 cm³/mol. The topological polar surface area (TPSA) is 86.7 Å². The van der Waals surface area contributed by atoms with Gasteiger partial charge in [-0.25, -0.2) is 8.42 Å². The highest BCUT2D eigenvalue weighted by atomic mass is 35.5. The number of amides is 1. The molecule has 1 aromatic rings. The number of hydrogen-bond acceptors (Lipinski definition) is 4. The molecule has 23 heavy (non-hydrogen) atoms. The maximum absolute atomic E-state index is 12.6. The zero-order valence-corrected chi connectivity index (χ0v) is 14.7. The number of nitrogens with one attached hydrogen (secondary N) is 1. The number of nitrogens with zero attached hydrogens (tertiary/aromatic N) is 1. The van der Waals surface area contributed by atoms with E-state index in [4.69, 9.17) is 11.6 Å². The van der Waals surface area contributed by atoms with Gasteiger partial charge in [-0.05, 0) is 44.9 Å². The molecule has 0 spiro atoms. The highest BCUT2D eigenvalue weighted by Crippen LogP contribution is 2.28. The molecule has 0 unspecified atom stereocenters. The summed E-state index contributed by atoms with van der Waals surface area (Å²) in [5, 5.41) is 12.2. The highest BCUT2D eigenvalue weighted by molar-refractivity contribution is 7.89. The van der Waals surface area contributed by atoms with Gasteiger partial charge in [0.1, 0.15) is 5.60 Å². The summed E-state index contributed by atoms with van der Waals surface area (Å²) in [6.45, 7) is 3.73. The maximum Gasteiger partial charge on any atom is 0.255 e. The van der Waals surface area contributed by atoms with Crippen LogP contribution in [0.15, 0.2) is 23.1 Å². The highest BCUT2D eigenvalue weighted by Gasteiger charge is 2.28. The number of sulfonamides is 1. The maximum atomic E-state index is 12.6. The summed E-state index contributed by atoms with van der Waals surface area (Å²) in [4.78, 5) is 11.9. The monoisotopic (exact) mass is 360 g/mol. The molecule has 6 nitrogen and oxygen atoms in total. The molecular formula is C15H21ClN2O4S. The largest absolute Gasteiger partial charge is 0.381 e. The number of piperidine rings is 1. The fraction of sp³-hybridized carbons (Fsp3) is 0.533. The first kappa shape index (κ1) is 18.2. The van der Waals surface area contributed by atoms with E-state index in [2.05, 4.69) is 5.32 Å². The summed E-state index contributed by atoms with van der Waals surface area (Å²) in [6.07, 6.45) is 2.74. The van der Waals surface area contributed by atoms with Crippen LogP contribution in [0, 0.1) is 0 Å². The van der Waals surface area contributed by atoms with Crippen molar-refractivity contribution < 1.29 is 18.3 Å². The third kappa shape index (κ3) is 4.23. The van der Waals surface area contributed by atoms with Gasteiger partial charge < -0.3 is 10.4 Å². The Hall–Kier alpha value is -1.15. The molecule has 0 radical (unpaired) electrons. The van der Waals surface area contributed by atoms with Gasteiger partial charge >= 0.3 is 0 Å². The lowest BCUT2D eigenvalue weighted by Gasteiger charge is -2.26. The SMILES string of the molecule is CC(C)(O)C(=O)Nc1ccc(S(=O)(=O)N2CCCCC2)cc1Cl. The van der Waals surface area contributed by atoms with Gasteiger partial charge in [0.15, 0.2) is 0 Å². The van der Waals surface area contributed by atoms with E-state index in [-0.39, 0.29) is 15.6 Å². The summed E-state index contributed by atoms with van der Waals surface area (Å²) in [6, 6.07) is 4.17. The number of carbonyl (C=O) groups is 1. The van der Waals surface area contributed by atoms with Crippen molar-refractivity contribution in [3.8, 4) is 0 Å². The van der Waals surface area contributed by atoms with Gasteiger partial charge in [0, 0.05) is 13.1 Å². The lowest BCUT2D eigenvalue weighted by Crippen LogP contribution is -2.37. The van der Waals surface area contributed by atoms with Crippen molar-refractivity contribution >= 4 is 33.2 Å². The van der Waals surface area contributed by atoms with E-state index in [1.54, 1.807) is 0 Å². The molecule has 1 fully saturated rings. The second kappa shape index (κ2) is 6.76. The molecule has 0 saturated carbocycles. The molecule has 128 valence electrons. The molecule has 1 aromatic carbocycles. The van der Waals surface area contributed by atoms with Crippen LogP contribution in [0.25, 0.3) is 0 Å². The fourth-order valence-corrected chi connectivity index (χ4v) is 4.12. The minimum Gasteiger partial charge on any atom is -0.381 e. The summed E-state index contributed by atoms with van der Waals surface area (Å²) in [5.74, 6) is -0.619. The normalized spacial score (nSPS) is 17.0. The van der Waals surface area contributed by atoms with Crippen molar-refractivity contribution in [3.63, 3.8) is 0 Å². The van der Waals surface area contributed by atoms with Crippen LogP contribution in [-0.2, 0) is 14.8 Å². The smallest absolute Gasteiger partial charge is 0.255 e. The van der Waals surface area contributed by atoms with Crippen molar-refractivity contribution in [2.75, 3.05) is 18.4 Å². The van der Waals surface area contributed by atoms with Crippen LogP contribution < -0.4 is 5.32 Å². The molecule has 1 amide bonds. The van der Waals surface area contributed by atoms with Gasteiger partial charge in [0.25, 0.3) is 5.91 Å². The molecule has 0 aromatic heterocycles. The van der Waals surface area contributed by atoms with Crippen molar-refractivity contribution in [1.29, 1.82) is 0 Å². The molecule has 1 aliphatic heterocycles. The van der Waals surface area contributed by atoms with E-state index in [1.807, 2.05) is 0 Å². The zero-order valence-electron chi connectivity index (χ0n) is 13.2. The molecule has 1 heterocycles. The van der Waals surface area contributed by atoms with E-state index in [1.165, 1.54) is 36.4 Å². The molecule has 0 atom stereocenters. The van der Waals surface area contributed by atoms with E-state index >= 15 is 0 Å². The predicted octanol–water partition coefficient (Wildman–Crippen LogP) is 2.22. The van der Waals surface area contributed by atoms with Gasteiger partial charge in [-0.15, -0.1) is 0 Å². The third-order valence-electron chi connectivity index (χ3n) is 3.70. The van der Waals surface area contributed by atoms with Crippen molar-refractivity contribution in [2.45, 2.75) is 43.6 Å². The number of aliphatic hydroxyl groups is 1. The first-order valence-electron chi connectivity index (χ1n) is 7.46. The Bertz CT molecular complexity index is 692. The number of rotatable bonds is 4. The van der Waals surface area contributed by atoms with Gasteiger partial charge in [0.05, 0.1) is 15.6 Å². The van der Waals surface area contributed by atoms with Crippen LogP contribution in [0.4, 0.5) is 5.69 Å². The molecule has 0 aliphatic carbocycles. The van der Waals surface area contributed by atoms with Crippen LogP contribution >= 0.6 is 11.6 Å². The van der Waals surface area contributed by atoms with E-state index in [0.29, 0.717) is 13.1 Å². The van der Waals surface area contributed by atoms with E-state index in [9.17, 15) is 18.3 Å². The lowest BCUT2D eigenvalue weighted by molar-refractivity contribution is -0.130. The van der Waals surface area contributed by atoms with E-state index < -0.39 is 21.5 Å². The van der Waals surface area contributed by atoms with E-state index in [0.717, 1.165) is 19.3 Å². The minimum atomic E-state index is -3.57. The summed E-state index contributed by atoms with van der Waals surface area (Å²) in [7, 11) is -3.57. The number of anilines is 1. The van der Waals surface area contributed by atoms with Crippen molar-refractivity contribution in [1.82, 2.24) is 4.31 Å². The summed E-state index contributed by atoms with van der Waals surface area (Å²) in [5.41, 5.74) is -1.29. The van der Waals surface area contributed by atoms with Gasteiger partial charge in [0.2, 0.25) is 10.0 Å². The van der Waals surface area contributed by atoms with Crippen LogP contribution in [0.3, 0.4) is 0 Å². The number of halogens is 1. The molecular weight excluding hydrogens is 340 g/mol. The third-order valence-corrected chi connectivity index (χ3v) is 5.90. The van der Waals surface area contributed by atoms with Crippen LogP contribution in [0.1, 0.15) is 33.1 Å². The molecule has 8 heteroatoms. The number of benzene rings is 1. The Morgan fingerprint density at radius 1 is 1.26 bits per heavy atom. The minimum absolute atomic E-state index is 0.102. The second-order valence-corrected chi connectivity index (χ2v) is 8.46. The van der Waals surface area contributed by atoms with Crippen molar-refractivity contribution in [3.05, 3.63) is 23.2 Å². The van der Waals surface area contributed by atoms with Gasteiger partial charge in [-0.1, -0.05) is 18.0 Å². The fourth-order valence-electron chi connectivity index (χ4n) is 2.29. The molecule has 1 saturated heterocycles. The Morgan fingerprint density at radius 2 is 1.87 bits per heavy atom. The first-order valence-corrected chi connectivity index (χ1v) is 9.28. The summed E-state index contributed by atoms with van der Waals surface area (Å²) < 4.78 is 26.6. The van der Waals surface area contributed by atoms with Crippen LogP contribution in [0.5, 0.6) is 0 Å². The van der Waals surface area contributed by atoms with Crippen molar-refractivity contribution in [2.24, 2.45) is 0 Å². The van der Waals surface area contributed by atoms with Gasteiger partial charge in [-0.3, -0.25) is 4.79 Å². The first-order chi connectivity index (χ1) is 10.6. The van der Waals surface area contributed by atoms with Crippen LogP contribution in [-0.4, -0.2) is 42.4 Å². The average Bonchev–Trinajstić information content (AvgIpc) is 2.49. The quantitative estimate of drug-likeness (QED) is 0.862. The Labute approximate surface area is 141 Å². The Kier molecular flexibility index (Phi) is 5.35. The summed E-state index contributed by atoms with van der Waals surface area (Å²) >= 11 is 6.09. The van der Waals surface area contributed by atoms with Gasteiger partial charge in [-0.2, -0.15) is 4.31 Å². The molecule has 2 N–H and O–H groups in total. The number of carbonyl (C=O) groups excluding carboxylic acids is 1.